The van der Waals surface area contributed by atoms with E-state index >= 15 is 0 Å². The summed E-state index contributed by atoms with van der Waals surface area (Å²) < 4.78 is 1.66. The zero-order valence-electron chi connectivity index (χ0n) is 8.39. The number of pyridine rings is 1. The zero-order chi connectivity index (χ0) is 11.0. The molecular formula is C9H11N3O2S. The van der Waals surface area contributed by atoms with E-state index in [2.05, 4.69) is 5.10 Å². The molecule has 2 heterocycles. The van der Waals surface area contributed by atoms with Crippen LogP contribution in [0.4, 0.5) is 5.69 Å². The first-order valence-corrected chi connectivity index (χ1v) is 5.63. The second-order valence-corrected chi connectivity index (χ2v) is 3.95. The fourth-order valence-electron chi connectivity index (χ4n) is 1.53. The lowest BCUT2D eigenvalue weighted by molar-refractivity contribution is -0.991. The van der Waals surface area contributed by atoms with E-state index in [4.69, 9.17) is 5.21 Å². The molecule has 1 unspecified atom stereocenters. The fraction of sp³-hybridized carbons (Fsp3) is 0.222. The molecule has 0 aliphatic heterocycles. The highest BCUT2D eigenvalue weighted by atomic mass is 32.2. The number of aromatic nitrogens is 2. The van der Waals surface area contributed by atoms with Crippen molar-refractivity contribution in [2.75, 3.05) is 6.26 Å². The summed E-state index contributed by atoms with van der Waals surface area (Å²) in [5.41, 5.74) is 1.85. The van der Waals surface area contributed by atoms with E-state index in [9.17, 15) is 5.21 Å². The van der Waals surface area contributed by atoms with Crippen LogP contribution >= 0.6 is 11.8 Å². The molecule has 0 saturated heterocycles. The highest BCUT2D eigenvalue weighted by molar-refractivity contribution is 7.98. The standard InChI is InChI=1S/C9H11N3O2S/c1-6-4-3-5-7-8(12(13)14)9(15-2)10-11(6)7/h3-5,12-13H,1-2H3. The molecule has 0 radical (unpaired) electrons. The van der Waals surface area contributed by atoms with Crippen molar-refractivity contribution in [3.63, 3.8) is 0 Å². The first kappa shape index (κ1) is 10.4. The molecule has 6 heteroatoms. The minimum Gasteiger partial charge on any atom is -0.595 e. The van der Waals surface area contributed by atoms with E-state index in [-0.39, 0.29) is 5.69 Å². The molecule has 0 fully saturated rings. The third kappa shape index (κ3) is 1.61. The van der Waals surface area contributed by atoms with Crippen molar-refractivity contribution < 1.29 is 10.4 Å². The number of thioether (sulfide) groups is 1. The largest absolute Gasteiger partial charge is 0.595 e. The van der Waals surface area contributed by atoms with Crippen molar-refractivity contribution in [2.45, 2.75) is 11.9 Å². The van der Waals surface area contributed by atoms with Crippen molar-refractivity contribution in [3.8, 4) is 0 Å². The summed E-state index contributed by atoms with van der Waals surface area (Å²) in [5.74, 6) is 0. The number of fused-ring (bicyclic) bond motifs is 1. The number of nitrogens with one attached hydrogen (secondary N) is 1. The maximum atomic E-state index is 11.1. The summed E-state index contributed by atoms with van der Waals surface area (Å²) in [6.45, 7) is 1.90. The maximum Gasteiger partial charge on any atom is 0.224 e. The Bertz CT molecular complexity index is 495. The van der Waals surface area contributed by atoms with Gasteiger partial charge < -0.3 is 5.21 Å². The van der Waals surface area contributed by atoms with E-state index in [0.717, 1.165) is 5.69 Å². The second-order valence-electron chi connectivity index (χ2n) is 3.15. The van der Waals surface area contributed by atoms with Crippen LogP contribution in [0.2, 0.25) is 0 Å². The Balaban J connectivity index is 2.80. The van der Waals surface area contributed by atoms with Crippen molar-refractivity contribution in [1.29, 1.82) is 0 Å². The van der Waals surface area contributed by atoms with Gasteiger partial charge in [0, 0.05) is 5.69 Å². The number of hydrogen-bond donors (Lipinski definition) is 2. The van der Waals surface area contributed by atoms with Gasteiger partial charge in [-0.2, -0.15) is 10.3 Å². The van der Waals surface area contributed by atoms with Crippen LogP contribution in [0.5, 0.6) is 0 Å². The first-order chi connectivity index (χ1) is 7.15. The molecule has 2 N–H and O–H groups in total. The van der Waals surface area contributed by atoms with Crippen LogP contribution in [-0.4, -0.2) is 21.1 Å². The van der Waals surface area contributed by atoms with Gasteiger partial charge in [-0.1, -0.05) is 6.07 Å². The van der Waals surface area contributed by atoms with Crippen molar-refractivity contribution in [2.24, 2.45) is 0 Å². The van der Waals surface area contributed by atoms with Gasteiger partial charge >= 0.3 is 0 Å². The molecule has 2 aromatic heterocycles. The van der Waals surface area contributed by atoms with Gasteiger partial charge in [-0.05, 0) is 25.3 Å². The molecule has 15 heavy (non-hydrogen) atoms. The number of quaternary nitrogens is 1. The van der Waals surface area contributed by atoms with Gasteiger partial charge in [0.2, 0.25) is 5.69 Å². The summed E-state index contributed by atoms with van der Waals surface area (Å²) in [7, 11) is 0. The summed E-state index contributed by atoms with van der Waals surface area (Å²) >= 11 is 1.35. The molecule has 0 aliphatic rings. The predicted octanol–water partition coefficient (Wildman–Crippen LogP) is 0.768. The first-order valence-electron chi connectivity index (χ1n) is 4.40. The molecule has 0 saturated carbocycles. The van der Waals surface area contributed by atoms with Crippen LogP contribution in [-0.2, 0) is 0 Å². The number of aryl methyl sites for hydroxylation is 1. The lowest BCUT2D eigenvalue weighted by Crippen LogP contribution is -2.99. The zero-order valence-corrected chi connectivity index (χ0v) is 9.21. The van der Waals surface area contributed by atoms with Crippen LogP contribution < -0.4 is 5.23 Å². The molecule has 0 spiro atoms. The number of nitrogens with zero attached hydrogens (tertiary/aromatic N) is 2. The highest BCUT2D eigenvalue weighted by Crippen LogP contribution is 2.26. The third-order valence-corrected chi connectivity index (χ3v) is 2.89. The molecule has 0 aromatic carbocycles. The monoisotopic (exact) mass is 225 g/mol. The molecule has 1 atom stereocenters. The van der Waals surface area contributed by atoms with Gasteiger partial charge in [-0.3, -0.25) is 0 Å². The van der Waals surface area contributed by atoms with Crippen LogP contribution in [0.1, 0.15) is 5.69 Å². The average molecular weight is 225 g/mol. The van der Waals surface area contributed by atoms with Crippen molar-refractivity contribution >= 4 is 23.0 Å². The van der Waals surface area contributed by atoms with E-state index in [0.29, 0.717) is 10.5 Å². The number of rotatable bonds is 2. The highest BCUT2D eigenvalue weighted by Gasteiger charge is 2.18. The van der Waals surface area contributed by atoms with Gasteiger partial charge in [0.25, 0.3) is 0 Å². The molecule has 2 aromatic rings. The fourth-order valence-corrected chi connectivity index (χ4v) is 2.09. The van der Waals surface area contributed by atoms with Gasteiger partial charge in [0.15, 0.2) is 5.03 Å². The molecule has 0 aliphatic carbocycles. The normalized spacial score (nSPS) is 13.3. The molecular weight excluding hydrogens is 214 g/mol. The van der Waals surface area contributed by atoms with Crippen LogP contribution in [0.25, 0.3) is 5.52 Å². The van der Waals surface area contributed by atoms with Gasteiger partial charge in [0.05, 0.1) is 0 Å². The molecule has 0 amide bonds. The average Bonchev–Trinajstić information content (AvgIpc) is 2.57. The summed E-state index contributed by atoms with van der Waals surface area (Å²) in [6.07, 6.45) is 1.82. The molecule has 2 rings (SSSR count). The Hall–Kier alpha value is -1.08. The Kier molecular flexibility index (Phi) is 2.66. The minimum atomic E-state index is -0.931. The van der Waals surface area contributed by atoms with Crippen LogP contribution in [0.3, 0.4) is 0 Å². The third-order valence-electron chi connectivity index (χ3n) is 2.22. The lowest BCUT2D eigenvalue weighted by atomic mass is 10.3. The predicted molar refractivity (Wildman–Crippen MR) is 57.5 cm³/mol. The van der Waals surface area contributed by atoms with Crippen LogP contribution in [0, 0.1) is 12.1 Å². The summed E-state index contributed by atoms with van der Waals surface area (Å²) in [6, 6.07) is 5.50. The maximum absolute atomic E-state index is 11.1. The SMILES string of the molecule is CSc1nn2c(C)cccc2c1[NH+]([O-])O. The Morgan fingerprint density at radius 2 is 2.27 bits per heavy atom. The van der Waals surface area contributed by atoms with E-state index < -0.39 is 5.23 Å². The van der Waals surface area contributed by atoms with Gasteiger partial charge in [-0.25, -0.2) is 9.72 Å². The van der Waals surface area contributed by atoms with E-state index in [1.165, 1.54) is 11.8 Å². The molecule has 5 nitrogen and oxygen atoms in total. The van der Waals surface area contributed by atoms with Gasteiger partial charge in [0.1, 0.15) is 5.52 Å². The van der Waals surface area contributed by atoms with E-state index in [1.807, 2.05) is 25.3 Å². The van der Waals surface area contributed by atoms with Crippen LogP contribution in [0.15, 0.2) is 23.2 Å². The smallest absolute Gasteiger partial charge is 0.224 e. The Morgan fingerprint density at radius 1 is 1.53 bits per heavy atom. The lowest BCUT2D eigenvalue weighted by Gasteiger charge is -2.10. The van der Waals surface area contributed by atoms with Crippen molar-refractivity contribution in [3.05, 3.63) is 29.1 Å². The molecule has 80 valence electrons. The quantitative estimate of drug-likeness (QED) is 0.585. The number of hydrogen-bond acceptors (Lipinski definition) is 4. The van der Waals surface area contributed by atoms with E-state index in [1.54, 1.807) is 10.6 Å². The summed E-state index contributed by atoms with van der Waals surface area (Å²) in [5, 5.41) is 24.1. The topological polar surface area (TPSA) is 65.0 Å². The second kappa shape index (κ2) is 3.82. The van der Waals surface area contributed by atoms with Crippen molar-refractivity contribution in [1.82, 2.24) is 9.61 Å². The Morgan fingerprint density at radius 3 is 2.87 bits per heavy atom. The van der Waals surface area contributed by atoms with Gasteiger partial charge in [-0.15, -0.1) is 11.8 Å². The summed E-state index contributed by atoms with van der Waals surface area (Å²) in [4.78, 5) is 0. The minimum absolute atomic E-state index is 0.284. The Labute approximate surface area is 90.8 Å². The molecule has 0 bridgehead atoms.